The van der Waals surface area contributed by atoms with Gasteiger partial charge in [-0.25, -0.2) is 0 Å². The standard InChI is InChI=1S/C12H12F3NO2/c13-12(14,15)9-2-1-3-10(6-9)16-5-4-8(7-16)11(17)18/h1-3,6,8H,4-5,7H2,(H,17,18)/t8-/m1/s1. The Hall–Kier alpha value is -1.72. The van der Waals surface area contributed by atoms with Crippen molar-refractivity contribution in [2.24, 2.45) is 5.92 Å². The Morgan fingerprint density at radius 1 is 1.39 bits per heavy atom. The molecule has 1 aromatic carbocycles. The average Bonchev–Trinajstić information content (AvgIpc) is 2.77. The predicted octanol–water partition coefficient (Wildman–Crippen LogP) is 2.62. The van der Waals surface area contributed by atoms with Gasteiger partial charge in [0.15, 0.2) is 0 Å². The average molecular weight is 259 g/mol. The molecule has 0 spiro atoms. The van der Waals surface area contributed by atoms with Crippen molar-refractivity contribution in [3.05, 3.63) is 29.8 Å². The molecule has 1 aromatic rings. The first-order chi connectivity index (χ1) is 8.38. The van der Waals surface area contributed by atoms with Gasteiger partial charge in [-0.1, -0.05) is 6.07 Å². The van der Waals surface area contributed by atoms with E-state index in [1.165, 1.54) is 6.07 Å². The SMILES string of the molecule is O=C(O)[C@@H]1CCN(c2cccc(C(F)(F)F)c2)C1. The van der Waals surface area contributed by atoms with E-state index in [-0.39, 0.29) is 6.54 Å². The zero-order valence-electron chi connectivity index (χ0n) is 9.44. The number of carboxylic acid groups (broad SMARTS) is 1. The van der Waals surface area contributed by atoms with Crippen molar-refractivity contribution in [2.75, 3.05) is 18.0 Å². The van der Waals surface area contributed by atoms with Crippen molar-refractivity contribution in [1.82, 2.24) is 0 Å². The number of alkyl halides is 3. The molecule has 1 saturated heterocycles. The predicted molar refractivity (Wildman–Crippen MR) is 59.4 cm³/mol. The van der Waals surface area contributed by atoms with Crippen LogP contribution in [0.2, 0.25) is 0 Å². The molecule has 0 saturated carbocycles. The normalized spacial score (nSPS) is 20.2. The molecule has 1 aliphatic rings. The second-order valence-electron chi connectivity index (χ2n) is 4.32. The van der Waals surface area contributed by atoms with E-state index in [0.717, 1.165) is 12.1 Å². The van der Waals surface area contributed by atoms with Gasteiger partial charge in [-0.15, -0.1) is 0 Å². The first kappa shape index (κ1) is 12.7. The van der Waals surface area contributed by atoms with Crippen molar-refractivity contribution in [3.8, 4) is 0 Å². The zero-order chi connectivity index (χ0) is 13.3. The van der Waals surface area contributed by atoms with Gasteiger partial charge in [0.25, 0.3) is 0 Å². The minimum atomic E-state index is -4.37. The van der Waals surface area contributed by atoms with E-state index < -0.39 is 23.6 Å². The fourth-order valence-corrected chi connectivity index (χ4v) is 2.08. The molecular formula is C12H12F3NO2. The molecule has 0 aliphatic carbocycles. The van der Waals surface area contributed by atoms with E-state index in [9.17, 15) is 18.0 Å². The van der Waals surface area contributed by atoms with Crippen molar-refractivity contribution in [1.29, 1.82) is 0 Å². The summed E-state index contributed by atoms with van der Waals surface area (Å²) in [5.74, 6) is -1.40. The summed E-state index contributed by atoms with van der Waals surface area (Å²) in [6.45, 7) is 0.731. The molecule has 0 bridgehead atoms. The van der Waals surface area contributed by atoms with E-state index in [1.807, 2.05) is 0 Å². The number of carbonyl (C=O) groups is 1. The fourth-order valence-electron chi connectivity index (χ4n) is 2.08. The van der Waals surface area contributed by atoms with Crippen molar-refractivity contribution in [3.63, 3.8) is 0 Å². The van der Waals surface area contributed by atoms with E-state index in [2.05, 4.69) is 0 Å². The highest BCUT2D eigenvalue weighted by Gasteiger charge is 2.32. The van der Waals surface area contributed by atoms with E-state index >= 15 is 0 Å². The van der Waals surface area contributed by atoms with Crippen LogP contribution in [0.25, 0.3) is 0 Å². The maximum absolute atomic E-state index is 12.5. The van der Waals surface area contributed by atoms with E-state index in [0.29, 0.717) is 18.7 Å². The lowest BCUT2D eigenvalue weighted by atomic mass is 10.1. The maximum atomic E-state index is 12.5. The van der Waals surface area contributed by atoms with Gasteiger partial charge in [0.2, 0.25) is 0 Å². The maximum Gasteiger partial charge on any atom is 0.416 e. The van der Waals surface area contributed by atoms with Crippen LogP contribution in [-0.4, -0.2) is 24.2 Å². The molecule has 0 radical (unpaired) electrons. The van der Waals surface area contributed by atoms with Crippen LogP contribution in [0.5, 0.6) is 0 Å². The van der Waals surface area contributed by atoms with Crippen LogP contribution >= 0.6 is 0 Å². The van der Waals surface area contributed by atoms with Crippen LogP contribution in [0.1, 0.15) is 12.0 Å². The summed E-state index contributed by atoms with van der Waals surface area (Å²) in [5.41, 5.74) is -0.285. The van der Waals surface area contributed by atoms with Gasteiger partial charge in [-0.2, -0.15) is 13.2 Å². The topological polar surface area (TPSA) is 40.5 Å². The Bertz CT molecular complexity index is 459. The molecule has 98 valence electrons. The lowest BCUT2D eigenvalue weighted by Crippen LogP contribution is -2.23. The van der Waals surface area contributed by atoms with Crippen molar-refractivity contribution >= 4 is 11.7 Å². The van der Waals surface area contributed by atoms with Crippen LogP contribution in [0.4, 0.5) is 18.9 Å². The molecule has 1 N–H and O–H groups in total. The minimum Gasteiger partial charge on any atom is -0.481 e. The molecule has 2 rings (SSSR count). The molecule has 6 heteroatoms. The van der Waals surface area contributed by atoms with Crippen LogP contribution in [0.3, 0.4) is 0 Å². The molecule has 0 amide bonds. The number of rotatable bonds is 2. The van der Waals surface area contributed by atoms with Crippen LogP contribution in [-0.2, 0) is 11.0 Å². The highest BCUT2D eigenvalue weighted by molar-refractivity contribution is 5.72. The quantitative estimate of drug-likeness (QED) is 0.887. The molecule has 1 aliphatic heterocycles. The van der Waals surface area contributed by atoms with Gasteiger partial charge in [-0.3, -0.25) is 4.79 Å². The Morgan fingerprint density at radius 3 is 2.67 bits per heavy atom. The summed E-state index contributed by atoms with van der Waals surface area (Å²) in [5, 5.41) is 8.86. The lowest BCUT2D eigenvalue weighted by Gasteiger charge is -2.19. The summed E-state index contributed by atoms with van der Waals surface area (Å²) < 4.78 is 37.6. The Balaban J connectivity index is 2.18. The van der Waals surface area contributed by atoms with E-state index in [4.69, 9.17) is 5.11 Å². The van der Waals surface area contributed by atoms with Crippen LogP contribution < -0.4 is 4.90 Å². The number of nitrogens with zero attached hydrogens (tertiary/aromatic N) is 1. The van der Waals surface area contributed by atoms with E-state index in [1.54, 1.807) is 11.0 Å². The summed E-state index contributed by atoms with van der Waals surface area (Å²) in [7, 11) is 0. The molecule has 3 nitrogen and oxygen atoms in total. The fraction of sp³-hybridized carbons (Fsp3) is 0.417. The highest BCUT2D eigenvalue weighted by atomic mass is 19.4. The van der Waals surface area contributed by atoms with Gasteiger partial charge >= 0.3 is 12.1 Å². The zero-order valence-corrected chi connectivity index (χ0v) is 9.44. The monoisotopic (exact) mass is 259 g/mol. The summed E-state index contributed by atoms with van der Waals surface area (Å²) in [6, 6.07) is 4.98. The Labute approximate surface area is 102 Å². The number of aliphatic carboxylic acids is 1. The second kappa shape index (κ2) is 4.51. The molecule has 0 unspecified atom stereocenters. The number of hydrogen-bond donors (Lipinski definition) is 1. The minimum absolute atomic E-state index is 0.261. The molecular weight excluding hydrogens is 247 g/mol. The lowest BCUT2D eigenvalue weighted by molar-refractivity contribution is -0.141. The first-order valence-electron chi connectivity index (χ1n) is 5.53. The third kappa shape index (κ3) is 2.57. The Morgan fingerprint density at radius 2 is 2.11 bits per heavy atom. The van der Waals surface area contributed by atoms with Gasteiger partial charge in [0.05, 0.1) is 11.5 Å². The number of hydrogen-bond acceptors (Lipinski definition) is 2. The van der Waals surface area contributed by atoms with Gasteiger partial charge in [-0.05, 0) is 24.6 Å². The molecule has 1 fully saturated rings. The molecule has 1 heterocycles. The smallest absolute Gasteiger partial charge is 0.416 e. The first-order valence-corrected chi connectivity index (χ1v) is 5.53. The second-order valence-corrected chi connectivity index (χ2v) is 4.32. The highest BCUT2D eigenvalue weighted by Crippen LogP contribution is 2.33. The summed E-state index contributed by atoms with van der Waals surface area (Å²) in [6.07, 6.45) is -3.91. The molecule has 18 heavy (non-hydrogen) atoms. The van der Waals surface area contributed by atoms with Crippen molar-refractivity contribution < 1.29 is 23.1 Å². The summed E-state index contributed by atoms with van der Waals surface area (Å²) >= 11 is 0. The van der Waals surface area contributed by atoms with Crippen molar-refractivity contribution in [2.45, 2.75) is 12.6 Å². The van der Waals surface area contributed by atoms with Gasteiger partial charge < -0.3 is 10.0 Å². The van der Waals surface area contributed by atoms with Gasteiger partial charge in [0, 0.05) is 18.8 Å². The molecule has 1 atom stereocenters. The number of carboxylic acids is 1. The number of halogens is 3. The third-order valence-electron chi connectivity index (χ3n) is 3.08. The van der Waals surface area contributed by atoms with Crippen LogP contribution in [0.15, 0.2) is 24.3 Å². The third-order valence-corrected chi connectivity index (χ3v) is 3.08. The molecule has 0 aromatic heterocycles. The van der Waals surface area contributed by atoms with Gasteiger partial charge in [0.1, 0.15) is 0 Å². The summed E-state index contributed by atoms with van der Waals surface area (Å²) in [4.78, 5) is 12.5. The number of benzene rings is 1. The Kier molecular flexibility index (Phi) is 3.19. The largest absolute Gasteiger partial charge is 0.481 e. The number of anilines is 1. The van der Waals surface area contributed by atoms with Crippen LogP contribution in [0, 0.1) is 5.92 Å².